The average Bonchev–Trinajstić information content (AvgIpc) is 1.83. The molecule has 56 valence electrons. The Morgan fingerprint density at radius 1 is 1.33 bits per heavy atom. The largest absolute Gasteiger partial charge is 0.392 e. The zero-order valence-electron chi connectivity index (χ0n) is 5.08. The van der Waals surface area contributed by atoms with Gasteiger partial charge in [0.05, 0.1) is 13.2 Å². The van der Waals surface area contributed by atoms with Crippen LogP contribution in [0.25, 0.3) is 0 Å². The molecule has 0 saturated carbocycles. The molecule has 0 spiro atoms. The van der Waals surface area contributed by atoms with Crippen LogP contribution in [0.2, 0.25) is 0 Å². The van der Waals surface area contributed by atoms with Crippen molar-refractivity contribution in [3.8, 4) is 0 Å². The van der Waals surface area contributed by atoms with Gasteiger partial charge in [0.25, 0.3) is 0 Å². The highest BCUT2D eigenvalue weighted by molar-refractivity contribution is 5.85. The van der Waals surface area contributed by atoms with Crippen LogP contribution in [0.15, 0.2) is 11.6 Å². The summed E-state index contributed by atoms with van der Waals surface area (Å²) < 4.78 is 0. The van der Waals surface area contributed by atoms with Gasteiger partial charge in [0, 0.05) is 6.54 Å². The summed E-state index contributed by atoms with van der Waals surface area (Å²) >= 11 is 0. The maximum absolute atomic E-state index is 8.37. The van der Waals surface area contributed by atoms with Gasteiger partial charge in [0.15, 0.2) is 0 Å². The van der Waals surface area contributed by atoms with E-state index in [1.165, 1.54) is 0 Å². The molecule has 0 amide bonds. The minimum atomic E-state index is -0.103. The molecule has 0 atom stereocenters. The number of rotatable bonds is 3. The fourth-order valence-electron chi connectivity index (χ4n) is 0.346. The Morgan fingerprint density at radius 2 is 1.78 bits per heavy atom. The van der Waals surface area contributed by atoms with Gasteiger partial charge >= 0.3 is 0 Å². The second-order valence-electron chi connectivity index (χ2n) is 1.41. The van der Waals surface area contributed by atoms with Crippen LogP contribution < -0.4 is 5.73 Å². The molecule has 4 heteroatoms. The lowest BCUT2D eigenvalue weighted by Crippen LogP contribution is -2.01. The molecule has 0 aliphatic carbocycles. The third-order valence-corrected chi connectivity index (χ3v) is 0.813. The first-order chi connectivity index (χ1) is 3.85. The molecule has 0 saturated heterocycles. The summed E-state index contributed by atoms with van der Waals surface area (Å²) in [7, 11) is 0. The summed E-state index contributed by atoms with van der Waals surface area (Å²) in [6.07, 6.45) is 1.60. The molecule has 0 aromatic heterocycles. The maximum atomic E-state index is 8.37. The standard InChI is InChI=1S/C5H11NO2.ClH/c6-2-1-5(3-7)4-8;/h1,7-8H,2-4,6H2;1H. The molecular weight excluding hydrogens is 142 g/mol. The molecule has 0 heterocycles. The molecule has 0 bridgehead atoms. The zero-order chi connectivity index (χ0) is 6.41. The summed E-state index contributed by atoms with van der Waals surface area (Å²) in [5.74, 6) is 0. The van der Waals surface area contributed by atoms with Gasteiger partial charge < -0.3 is 15.9 Å². The fourth-order valence-corrected chi connectivity index (χ4v) is 0.346. The summed E-state index contributed by atoms with van der Waals surface area (Å²) in [6, 6.07) is 0. The van der Waals surface area contributed by atoms with Gasteiger partial charge in [-0.2, -0.15) is 0 Å². The van der Waals surface area contributed by atoms with Crippen molar-refractivity contribution in [1.29, 1.82) is 0 Å². The molecular formula is C5H12ClNO2. The molecule has 0 unspecified atom stereocenters. The monoisotopic (exact) mass is 153 g/mol. The Labute approximate surface area is 60.6 Å². The highest BCUT2D eigenvalue weighted by Crippen LogP contribution is 1.86. The van der Waals surface area contributed by atoms with Gasteiger partial charge in [-0.15, -0.1) is 12.4 Å². The van der Waals surface area contributed by atoms with Crippen LogP contribution in [0.3, 0.4) is 0 Å². The van der Waals surface area contributed by atoms with E-state index in [-0.39, 0.29) is 25.6 Å². The summed E-state index contributed by atoms with van der Waals surface area (Å²) in [5.41, 5.74) is 5.66. The number of hydrogen-bond donors (Lipinski definition) is 3. The van der Waals surface area contributed by atoms with Crippen molar-refractivity contribution >= 4 is 12.4 Å². The fraction of sp³-hybridized carbons (Fsp3) is 0.600. The van der Waals surface area contributed by atoms with E-state index in [9.17, 15) is 0 Å². The van der Waals surface area contributed by atoms with Gasteiger partial charge in [-0.25, -0.2) is 0 Å². The van der Waals surface area contributed by atoms with Gasteiger partial charge in [0.1, 0.15) is 0 Å². The minimum Gasteiger partial charge on any atom is -0.392 e. The van der Waals surface area contributed by atoms with Gasteiger partial charge in [-0.05, 0) is 5.57 Å². The Morgan fingerprint density at radius 3 is 1.89 bits per heavy atom. The maximum Gasteiger partial charge on any atom is 0.0664 e. The summed E-state index contributed by atoms with van der Waals surface area (Å²) in [5, 5.41) is 16.7. The average molecular weight is 154 g/mol. The minimum absolute atomic E-state index is 0. The predicted molar refractivity (Wildman–Crippen MR) is 38.6 cm³/mol. The number of aliphatic hydroxyl groups is 2. The molecule has 4 N–H and O–H groups in total. The lowest BCUT2D eigenvalue weighted by atomic mass is 10.3. The van der Waals surface area contributed by atoms with Crippen molar-refractivity contribution in [2.45, 2.75) is 0 Å². The van der Waals surface area contributed by atoms with E-state index in [4.69, 9.17) is 15.9 Å². The van der Waals surface area contributed by atoms with E-state index >= 15 is 0 Å². The van der Waals surface area contributed by atoms with E-state index in [0.29, 0.717) is 12.1 Å². The molecule has 3 nitrogen and oxygen atoms in total. The van der Waals surface area contributed by atoms with Crippen molar-refractivity contribution in [3.63, 3.8) is 0 Å². The smallest absolute Gasteiger partial charge is 0.0664 e. The van der Waals surface area contributed by atoms with Crippen LogP contribution in [0.4, 0.5) is 0 Å². The van der Waals surface area contributed by atoms with E-state index in [2.05, 4.69) is 0 Å². The van der Waals surface area contributed by atoms with Gasteiger partial charge in [0.2, 0.25) is 0 Å². The van der Waals surface area contributed by atoms with Crippen LogP contribution in [0.1, 0.15) is 0 Å². The Kier molecular flexibility index (Phi) is 10.3. The normalized spacial score (nSPS) is 7.89. The molecule has 9 heavy (non-hydrogen) atoms. The highest BCUT2D eigenvalue weighted by Gasteiger charge is 1.87. The summed E-state index contributed by atoms with van der Waals surface area (Å²) in [6.45, 7) is 0.165. The Hall–Kier alpha value is -0.0900. The molecule has 0 rings (SSSR count). The number of hydrogen-bond acceptors (Lipinski definition) is 3. The van der Waals surface area contributed by atoms with Crippen molar-refractivity contribution in [2.24, 2.45) is 5.73 Å². The first-order valence-corrected chi connectivity index (χ1v) is 2.44. The predicted octanol–water partition coefficient (Wildman–Crippen LogP) is -0.722. The quantitative estimate of drug-likeness (QED) is 0.469. The molecule has 0 aliphatic heterocycles. The Balaban J connectivity index is 0. The van der Waals surface area contributed by atoms with E-state index < -0.39 is 0 Å². The van der Waals surface area contributed by atoms with Crippen LogP contribution in [0, 0.1) is 0 Å². The van der Waals surface area contributed by atoms with Crippen molar-refractivity contribution in [1.82, 2.24) is 0 Å². The number of aliphatic hydroxyl groups excluding tert-OH is 2. The Bertz CT molecular complexity index is 79.0. The van der Waals surface area contributed by atoms with Gasteiger partial charge in [-0.3, -0.25) is 0 Å². The lowest BCUT2D eigenvalue weighted by molar-refractivity contribution is 0.276. The van der Waals surface area contributed by atoms with Crippen molar-refractivity contribution < 1.29 is 10.2 Å². The molecule has 0 aromatic rings. The van der Waals surface area contributed by atoms with Crippen LogP contribution in [0.5, 0.6) is 0 Å². The number of nitrogens with two attached hydrogens (primary N) is 1. The lowest BCUT2D eigenvalue weighted by Gasteiger charge is -1.94. The number of halogens is 1. The van der Waals surface area contributed by atoms with E-state index in [0.717, 1.165) is 0 Å². The topological polar surface area (TPSA) is 66.5 Å². The van der Waals surface area contributed by atoms with E-state index in [1.54, 1.807) is 6.08 Å². The van der Waals surface area contributed by atoms with Crippen molar-refractivity contribution in [3.05, 3.63) is 11.6 Å². The van der Waals surface area contributed by atoms with Crippen LogP contribution in [-0.4, -0.2) is 30.0 Å². The zero-order valence-corrected chi connectivity index (χ0v) is 5.90. The van der Waals surface area contributed by atoms with Crippen LogP contribution >= 0.6 is 12.4 Å². The molecule has 0 aromatic carbocycles. The van der Waals surface area contributed by atoms with Gasteiger partial charge in [-0.1, -0.05) is 6.08 Å². The second kappa shape index (κ2) is 7.91. The SMILES string of the molecule is Cl.NCC=C(CO)CO. The summed E-state index contributed by atoms with van der Waals surface area (Å²) in [4.78, 5) is 0. The van der Waals surface area contributed by atoms with E-state index in [1.807, 2.05) is 0 Å². The molecule has 0 radical (unpaired) electrons. The third-order valence-electron chi connectivity index (χ3n) is 0.813. The van der Waals surface area contributed by atoms with Crippen LogP contribution in [-0.2, 0) is 0 Å². The third kappa shape index (κ3) is 5.79. The first-order valence-electron chi connectivity index (χ1n) is 2.44. The van der Waals surface area contributed by atoms with Crippen molar-refractivity contribution in [2.75, 3.05) is 19.8 Å². The molecule has 0 aliphatic rings. The first kappa shape index (κ1) is 11.7. The highest BCUT2D eigenvalue weighted by atomic mass is 35.5. The molecule has 0 fully saturated rings. The second-order valence-corrected chi connectivity index (χ2v) is 1.41.